The highest BCUT2D eigenvalue weighted by Gasteiger charge is 2.49. The zero-order valence-electron chi connectivity index (χ0n) is 16.6. The zero-order chi connectivity index (χ0) is 19.9. The van der Waals surface area contributed by atoms with Gasteiger partial charge in [-0.3, -0.25) is 14.6 Å². The quantitative estimate of drug-likeness (QED) is 0.776. The molecule has 0 unspecified atom stereocenters. The molecule has 0 spiro atoms. The zero-order valence-corrected chi connectivity index (χ0v) is 17.5. The number of aryl methyl sites for hydroxylation is 1. The van der Waals surface area contributed by atoms with E-state index < -0.39 is 0 Å². The number of carbonyl (C=O) groups is 2. The van der Waals surface area contributed by atoms with E-state index in [1.807, 2.05) is 28.9 Å². The second-order valence-corrected chi connectivity index (χ2v) is 8.96. The third kappa shape index (κ3) is 3.11. The molecule has 0 N–H and O–H groups in total. The Morgan fingerprint density at radius 2 is 2.11 bits per heavy atom. The normalized spacial score (nSPS) is 24.8. The number of aromatic nitrogens is 2. The van der Waals surface area contributed by atoms with Gasteiger partial charge in [-0.25, -0.2) is 4.98 Å². The predicted molar refractivity (Wildman–Crippen MR) is 109 cm³/mol. The fourth-order valence-corrected chi connectivity index (χ4v) is 5.86. The van der Waals surface area contributed by atoms with E-state index in [9.17, 15) is 9.59 Å². The number of piperidine rings is 2. The molecule has 2 amide bonds. The maximum atomic E-state index is 13.5. The number of likely N-dealkylation sites (tertiary alicyclic amines) is 2. The van der Waals surface area contributed by atoms with Crippen LogP contribution in [0.25, 0.3) is 10.6 Å². The molecule has 2 aromatic heterocycles. The first-order valence-electron chi connectivity index (χ1n) is 9.89. The minimum Gasteiger partial charge on any atom is -0.335 e. The van der Waals surface area contributed by atoms with Crippen LogP contribution in [0.4, 0.5) is 0 Å². The molecule has 148 valence electrons. The fraction of sp³-hybridized carbons (Fsp3) is 0.524. The van der Waals surface area contributed by atoms with E-state index in [1.165, 1.54) is 11.3 Å². The predicted octanol–water partition coefficient (Wildman–Crippen LogP) is 3.52. The molecule has 0 radical (unpaired) electrons. The maximum Gasteiger partial charge on any atom is 0.266 e. The number of nitrogens with zero attached hydrogens (tertiary/aromatic N) is 4. The number of carbonyl (C=O) groups excluding carboxylic acids is 2. The summed E-state index contributed by atoms with van der Waals surface area (Å²) < 4.78 is 0. The minimum absolute atomic E-state index is 0.0477. The topological polar surface area (TPSA) is 66.4 Å². The lowest BCUT2D eigenvalue weighted by Crippen LogP contribution is -2.67. The van der Waals surface area contributed by atoms with Gasteiger partial charge in [0.2, 0.25) is 5.91 Å². The van der Waals surface area contributed by atoms with Gasteiger partial charge in [0.1, 0.15) is 9.88 Å². The summed E-state index contributed by atoms with van der Waals surface area (Å²) in [7, 11) is 0. The summed E-state index contributed by atoms with van der Waals surface area (Å²) >= 11 is 1.44. The van der Waals surface area contributed by atoms with Crippen molar-refractivity contribution in [3.05, 3.63) is 35.1 Å². The first-order chi connectivity index (χ1) is 13.4. The van der Waals surface area contributed by atoms with Crippen molar-refractivity contribution in [2.24, 2.45) is 0 Å². The molecule has 0 saturated carbocycles. The second-order valence-electron chi connectivity index (χ2n) is 7.96. The molecule has 6 nitrogen and oxygen atoms in total. The van der Waals surface area contributed by atoms with E-state index in [2.05, 4.69) is 16.9 Å². The van der Waals surface area contributed by atoms with E-state index in [-0.39, 0.29) is 23.4 Å². The van der Waals surface area contributed by atoms with E-state index in [4.69, 9.17) is 0 Å². The largest absolute Gasteiger partial charge is 0.335 e. The second kappa shape index (κ2) is 7.28. The van der Waals surface area contributed by atoms with Gasteiger partial charge >= 0.3 is 0 Å². The van der Waals surface area contributed by atoms with Crippen molar-refractivity contribution in [3.63, 3.8) is 0 Å². The van der Waals surface area contributed by atoms with Crippen LogP contribution in [-0.4, -0.2) is 56.3 Å². The summed E-state index contributed by atoms with van der Waals surface area (Å²) in [5.41, 5.74) is 1.42. The Hall–Kier alpha value is -2.28. The number of thiazole rings is 1. The third-order valence-corrected chi connectivity index (χ3v) is 7.39. The van der Waals surface area contributed by atoms with Gasteiger partial charge < -0.3 is 9.80 Å². The minimum atomic E-state index is -0.275. The van der Waals surface area contributed by atoms with Gasteiger partial charge in [0.15, 0.2) is 0 Å². The lowest BCUT2D eigenvalue weighted by molar-refractivity contribution is -0.143. The number of amides is 2. The highest BCUT2D eigenvalue weighted by atomic mass is 32.1. The molecule has 2 aliphatic heterocycles. The van der Waals surface area contributed by atoms with E-state index in [0.29, 0.717) is 4.88 Å². The third-order valence-electron chi connectivity index (χ3n) is 6.19. The van der Waals surface area contributed by atoms with E-state index in [0.717, 1.165) is 55.0 Å². The van der Waals surface area contributed by atoms with E-state index >= 15 is 0 Å². The van der Waals surface area contributed by atoms with Crippen LogP contribution in [0.1, 0.15) is 54.9 Å². The van der Waals surface area contributed by atoms with Gasteiger partial charge in [0.05, 0.1) is 17.3 Å². The van der Waals surface area contributed by atoms with Crippen LogP contribution in [0.5, 0.6) is 0 Å². The van der Waals surface area contributed by atoms with Crippen LogP contribution in [-0.2, 0) is 4.79 Å². The molecule has 2 fully saturated rings. The number of rotatable bonds is 2. The van der Waals surface area contributed by atoms with Crippen LogP contribution in [0.15, 0.2) is 24.5 Å². The number of hydrogen-bond donors (Lipinski definition) is 0. The van der Waals surface area contributed by atoms with Gasteiger partial charge in [0, 0.05) is 38.0 Å². The molecule has 4 rings (SSSR count). The molecule has 2 aromatic rings. The molecule has 28 heavy (non-hydrogen) atoms. The smallest absolute Gasteiger partial charge is 0.266 e. The molecule has 2 saturated heterocycles. The van der Waals surface area contributed by atoms with Crippen LogP contribution in [0, 0.1) is 6.92 Å². The van der Waals surface area contributed by atoms with Gasteiger partial charge in [-0.15, -0.1) is 11.3 Å². The molecule has 2 atom stereocenters. The summed E-state index contributed by atoms with van der Waals surface area (Å²) in [4.78, 5) is 39.2. The maximum absolute atomic E-state index is 13.5. The van der Waals surface area contributed by atoms with Crippen molar-refractivity contribution in [3.8, 4) is 10.6 Å². The summed E-state index contributed by atoms with van der Waals surface area (Å²) in [6, 6.07) is 3.90. The highest BCUT2D eigenvalue weighted by molar-refractivity contribution is 7.17. The van der Waals surface area contributed by atoms with Crippen LogP contribution < -0.4 is 0 Å². The number of pyridine rings is 1. The van der Waals surface area contributed by atoms with Crippen LogP contribution in [0.3, 0.4) is 0 Å². The first kappa shape index (κ1) is 19.1. The van der Waals surface area contributed by atoms with Gasteiger partial charge in [-0.05, 0) is 51.7 Å². The fourth-order valence-electron chi connectivity index (χ4n) is 4.84. The Morgan fingerprint density at radius 3 is 2.82 bits per heavy atom. The molecule has 2 aliphatic rings. The van der Waals surface area contributed by atoms with Gasteiger partial charge in [-0.2, -0.15) is 0 Å². The van der Waals surface area contributed by atoms with Crippen molar-refractivity contribution in [2.45, 2.75) is 58.0 Å². The van der Waals surface area contributed by atoms with Crippen LogP contribution >= 0.6 is 11.3 Å². The lowest BCUT2D eigenvalue weighted by Gasteiger charge is -2.56. The molecular weight excluding hydrogens is 372 g/mol. The van der Waals surface area contributed by atoms with Crippen molar-refractivity contribution in [2.75, 3.05) is 13.1 Å². The lowest BCUT2D eigenvalue weighted by atomic mass is 9.76. The SMILES string of the molecule is CC(=O)N1CCC[C@H]2N(C(=O)c3sc(-c4cccnc4)nc3C)CCC[C@@]21C. The monoisotopic (exact) mass is 398 g/mol. The van der Waals surface area contributed by atoms with E-state index in [1.54, 1.807) is 19.3 Å². The van der Waals surface area contributed by atoms with Crippen molar-refractivity contribution < 1.29 is 9.59 Å². The number of hydrogen-bond acceptors (Lipinski definition) is 5. The van der Waals surface area contributed by atoms with Crippen molar-refractivity contribution in [1.29, 1.82) is 0 Å². The standard InChI is InChI=1S/C21H26N4O2S/c1-14-18(28-19(23-14)16-7-4-10-22-13-16)20(27)24-11-6-9-21(3)17(24)8-5-12-25(21)15(2)26/h4,7,10,13,17H,5-6,8-9,11-12H2,1-3H3/t17-,21+/m1/s1. The molecule has 4 heterocycles. The van der Waals surface area contributed by atoms with Crippen LogP contribution in [0.2, 0.25) is 0 Å². The Morgan fingerprint density at radius 1 is 1.29 bits per heavy atom. The molecule has 7 heteroatoms. The van der Waals surface area contributed by atoms with Crippen molar-refractivity contribution in [1.82, 2.24) is 19.8 Å². The summed E-state index contributed by atoms with van der Waals surface area (Å²) in [6.45, 7) is 7.22. The average Bonchev–Trinajstić information content (AvgIpc) is 3.08. The Kier molecular flexibility index (Phi) is 4.95. The number of fused-ring (bicyclic) bond motifs is 1. The molecule has 0 aliphatic carbocycles. The summed E-state index contributed by atoms with van der Waals surface area (Å²) in [5, 5.41) is 0.822. The Bertz CT molecular complexity index is 897. The Balaban J connectivity index is 1.65. The van der Waals surface area contributed by atoms with Gasteiger partial charge in [0.25, 0.3) is 5.91 Å². The molecule has 0 aromatic carbocycles. The Labute approximate surface area is 169 Å². The summed E-state index contributed by atoms with van der Waals surface area (Å²) in [6.07, 6.45) is 7.25. The summed E-state index contributed by atoms with van der Waals surface area (Å²) in [5.74, 6) is 0.154. The van der Waals surface area contributed by atoms with Crippen molar-refractivity contribution >= 4 is 23.2 Å². The molecular formula is C21H26N4O2S. The molecule has 0 bridgehead atoms. The average molecular weight is 399 g/mol. The highest BCUT2D eigenvalue weighted by Crippen LogP contribution is 2.40. The first-order valence-corrected chi connectivity index (χ1v) is 10.7. The van der Waals surface area contributed by atoms with Gasteiger partial charge in [-0.1, -0.05) is 0 Å².